The van der Waals surface area contributed by atoms with Crippen LogP contribution >= 0.6 is 11.3 Å². The number of aryl methyl sites for hydroxylation is 2. The number of thiophene rings is 1. The number of amides is 1. The van der Waals surface area contributed by atoms with Gasteiger partial charge < -0.3 is 10.1 Å². The Balaban J connectivity index is 1.70. The van der Waals surface area contributed by atoms with Gasteiger partial charge in [-0.2, -0.15) is 0 Å². The summed E-state index contributed by atoms with van der Waals surface area (Å²) >= 11 is 1.34. The molecule has 0 aliphatic carbocycles. The molecule has 3 rings (SSSR count). The summed E-state index contributed by atoms with van der Waals surface area (Å²) in [7, 11) is 0. The molecule has 0 bridgehead atoms. The quantitative estimate of drug-likeness (QED) is 0.398. The summed E-state index contributed by atoms with van der Waals surface area (Å²) in [6.07, 6.45) is -1.15. The van der Waals surface area contributed by atoms with E-state index in [0.29, 0.717) is 16.1 Å². The number of anilines is 1. The first-order chi connectivity index (χ1) is 14.4. The third kappa shape index (κ3) is 5.87. The molecule has 1 heterocycles. The SMILES string of the molecule is Cc1cc(C)cc(NC(=O)[C@H](OC(=O)CCC(=O)c2cccs2)c2ccccc2)c1. The van der Waals surface area contributed by atoms with Gasteiger partial charge in [0.05, 0.1) is 11.3 Å². The van der Waals surface area contributed by atoms with Crippen LogP contribution in [0.25, 0.3) is 0 Å². The normalized spacial score (nSPS) is 11.5. The lowest BCUT2D eigenvalue weighted by atomic mass is 10.1. The number of ketones is 1. The van der Waals surface area contributed by atoms with E-state index >= 15 is 0 Å². The second-order valence-electron chi connectivity index (χ2n) is 7.05. The molecule has 1 aromatic heterocycles. The third-order valence-electron chi connectivity index (χ3n) is 4.43. The average molecular weight is 422 g/mol. The fourth-order valence-corrected chi connectivity index (χ4v) is 3.82. The van der Waals surface area contributed by atoms with E-state index in [1.165, 1.54) is 11.3 Å². The van der Waals surface area contributed by atoms with E-state index in [1.807, 2.05) is 43.5 Å². The summed E-state index contributed by atoms with van der Waals surface area (Å²) in [4.78, 5) is 38.1. The van der Waals surface area contributed by atoms with Crippen molar-refractivity contribution in [2.75, 3.05) is 5.32 Å². The first-order valence-electron chi connectivity index (χ1n) is 9.62. The van der Waals surface area contributed by atoms with Gasteiger partial charge in [0.25, 0.3) is 5.91 Å². The molecular weight excluding hydrogens is 398 g/mol. The lowest BCUT2D eigenvalue weighted by Crippen LogP contribution is -2.26. The van der Waals surface area contributed by atoms with Crippen molar-refractivity contribution in [3.8, 4) is 0 Å². The Labute approximate surface area is 179 Å². The van der Waals surface area contributed by atoms with Crippen molar-refractivity contribution in [3.63, 3.8) is 0 Å². The Bertz CT molecular complexity index is 1010. The van der Waals surface area contributed by atoms with E-state index in [1.54, 1.807) is 36.4 Å². The predicted octanol–water partition coefficient (Wildman–Crippen LogP) is 5.25. The summed E-state index contributed by atoms with van der Waals surface area (Å²) in [5.41, 5.74) is 3.25. The number of ether oxygens (including phenoxy) is 1. The first kappa shape index (κ1) is 21.5. The zero-order valence-corrected chi connectivity index (χ0v) is 17.7. The molecule has 3 aromatic rings. The van der Waals surface area contributed by atoms with Crippen LogP contribution in [0.3, 0.4) is 0 Å². The number of hydrogen-bond acceptors (Lipinski definition) is 5. The molecule has 0 saturated heterocycles. The van der Waals surface area contributed by atoms with Crippen LogP contribution in [0.1, 0.15) is 45.3 Å². The lowest BCUT2D eigenvalue weighted by molar-refractivity contribution is -0.154. The maximum Gasteiger partial charge on any atom is 0.307 e. The summed E-state index contributed by atoms with van der Waals surface area (Å²) in [5, 5.41) is 4.65. The van der Waals surface area contributed by atoms with Crippen LogP contribution in [0.15, 0.2) is 66.0 Å². The van der Waals surface area contributed by atoms with E-state index < -0.39 is 18.0 Å². The van der Waals surface area contributed by atoms with Crippen LogP contribution < -0.4 is 5.32 Å². The molecule has 1 atom stereocenters. The van der Waals surface area contributed by atoms with Crippen LogP contribution in [0.5, 0.6) is 0 Å². The smallest absolute Gasteiger partial charge is 0.307 e. The monoisotopic (exact) mass is 421 g/mol. The standard InChI is InChI=1S/C24H23NO4S/c1-16-13-17(2)15-19(14-16)25-24(28)23(18-7-4-3-5-8-18)29-22(27)11-10-20(26)21-9-6-12-30-21/h3-9,12-15,23H,10-11H2,1-2H3,(H,25,28)/t23-/m1/s1. The number of nitrogens with one attached hydrogen (secondary N) is 1. The van der Waals surface area contributed by atoms with Gasteiger partial charge in [-0.05, 0) is 48.6 Å². The Morgan fingerprint density at radius 3 is 2.27 bits per heavy atom. The van der Waals surface area contributed by atoms with Gasteiger partial charge >= 0.3 is 5.97 Å². The number of esters is 1. The zero-order valence-electron chi connectivity index (χ0n) is 16.9. The average Bonchev–Trinajstić information content (AvgIpc) is 3.25. The number of rotatable bonds is 8. The second kappa shape index (κ2) is 9.98. The minimum atomic E-state index is -1.10. The van der Waals surface area contributed by atoms with Gasteiger partial charge in [0.15, 0.2) is 5.78 Å². The van der Waals surface area contributed by atoms with Gasteiger partial charge in [0.2, 0.25) is 6.10 Å². The fraction of sp³-hybridized carbons (Fsp3) is 0.208. The molecule has 154 valence electrons. The Morgan fingerprint density at radius 1 is 0.933 bits per heavy atom. The number of benzene rings is 2. The largest absolute Gasteiger partial charge is 0.447 e. The highest BCUT2D eigenvalue weighted by Crippen LogP contribution is 2.22. The van der Waals surface area contributed by atoms with Gasteiger partial charge in [-0.3, -0.25) is 14.4 Å². The highest BCUT2D eigenvalue weighted by molar-refractivity contribution is 7.12. The van der Waals surface area contributed by atoms with Gasteiger partial charge in [-0.25, -0.2) is 0 Å². The molecule has 1 amide bonds. The van der Waals surface area contributed by atoms with E-state index in [2.05, 4.69) is 5.32 Å². The number of carbonyl (C=O) groups is 3. The van der Waals surface area contributed by atoms with Crippen molar-refractivity contribution in [2.24, 2.45) is 0 Å². The van der Waals surface area contributed by atoms with Gasteiger partial charge in [-0.1, -0.05) is 42.5 Å². The van der Waals surface area contributed by atoms with Crippen molar-refractivity contribution in [3.05, 3.63) is 87.6 Å². The fourth-order valence-electron chi connectivity index (χ4n) is 3.12. The predicted molar refractivity (Wildman–Crippen MR) is 118 cm³/mol. The molecule has 0 aliphatic heterocycles. The molecule has 30 heavy (non-hydrogen) atoms. The molecule has 0 fully saturated rings. The van der Waals surface area contributed by atoms with Crippen molar-refractivity contribution >= 4 is 34.7 Å². The minimum absolute atomic E-state index is 0.0412. The van der Waals surface area contributed by atoms with Gasteiger partial charge in [-0.15, -0.1) is 11.3 Å². The molecule has 2 aromatic carbocycles. The Morgan fingerprint density at radius 2 is 1.63 bits per heavy atom. The minimum Gasteiger partial charge on any atom is -0.447 e. The number of carbonyl (C=O) groups excluding carboxylic acids is 3. The van der Waals surface area contributed by atoms with Crippen LogP contribution in [-0.4, -0.2) is 17.7 Å². The number of Topliss-reactive ketones (excluding diaryl/α,β-unsaturated/α-hetero) is 1. The molecule has 5 nitrogen and oxygen atoms in total. The highest BCUT2D eigenvalue weighted by Gasteiger charge is 2.25. The van der Waals surface area contributed by atoms with Crippen molar-refractivity contribution in [1.29, 1.82) is 0 Å². The van der Waals surface area contributed by atoms with Crippen molar-refractivity contribution in [1.82, 2.24) is 0 Å². The molecule has 0 saturated carbocycles. The third-order valence-corrected chi connectivity index (χ3v) is 5.34. The van der Waals surface area contributed by atoms with Gasteiger partial charge in [0.1, 0.15) is 0 Å². The maximum atomic E-state index is 12.9. The molecule has 1 N–H and O–H groups in total. The van der Waals surface area contributed by atoms with Crippen LogP contribution in [-0.2, 0) is 14.3 Å². The summed E-state index contributed by atoms with van der Waals surface area (Å²) in [5.74, 6) is -1.15. The Hall–Kier alpha value is -3.25. The van der Waals surface area contributed by atoms with E-state index in [0.717, 1.165) is 11.1 Å². The second-order valence-corrected chi connectivity index (χ2v) is 7.99. The molecule has 0 spiro atoms. The number of hydrogen-bond donors (Lipinski definition) is 1. The summed E-state index contributed by atoms with van der Waals surface area (Å²) in [6.45, 7) is 3.89. The topological polar surface area (TPSA) is 72.5 Å². The maximum absolute atomic E-state index is 12.9. The van der Waals surface area contributed by atoms with Crippen LogP contribution in [0.4, 0.5) is 5.69 Å². The highest BCUT2D eigenvalue weighted by atomic mass is 32.1. The van der Waals surface area contributed by atoms with Crippen LogP contribution in [0.2, 0.25) is 0 Å². The van der Waals surface area contributed by atoms with Crippen molar-refractivity contribution in [2.45, 2.75) is 32.8 Å². The molecular formula is C24H23NO4S. The lowest BCUT2D eigenvalue weighted by Gasteiger charge is -2.18. The first-order valence-corrected chi connectivity index (χ1v) is 10.5. The summed E-state index contributed by atoms with van der Waals surface area (Å²) in [6, 6.07) is 18.1. The summed E-state index contributed by atoms with van der Waals surface area (Å²) < 4.78 is 5.50. The van der Waals surface area contributed by atoms with Crippen molar-refractivity contribution < 1.29 is 19.1 Å². The molecule has 0 unspecified atom stereocenters. The van der Waals surface area contributed by atoms with E-state index in [9.17, 15) is 14.4 Å². The van der Waals surface area contributed by atoms with E-state index in [-0.39, 0.29) is 18.6 Å². The molecule has 0 radical (unpaired) electrons. The van der Waals surface area contributed by atoms with Crippen LogP contribution in [0, 0.1) is 13.8 Å². The Kier molecular flexibility index (Phi) is 7.14. The van der Waals surface area contributed by atoms with E-state index in [4.69, 9.17) is 4.74 Å². The zero-order chi connectivity index (χ0) is 21.5. The van der Waals surface area contributed by atoms with Gasteiger partial charge in [0, 0.05) is 17.7 Å². The molecule has 0 aliphatic rings. The molecule has 6 heteroatoms.